The highest BCUT2D eigenvalue weighted by molar-refractivity contribution is 5.84. The molecule has 0 saturated carbocycles. The topological polar surface area (TPSA) is 59.4 Å². The molecule has 1 aromatic carbocycles. The molecule has 0 spiro atoms. The maximum Gasteiger partial charge on any atom is 0.412 e. The second-order valence-electron chi connectivity index (χ2n) is 7.02. The minimum absolute atomic E-state index is 0.441. The van der Waals surface area contributed by atoms with Gasteiger partial charge in [-0.2, -0.15) is 5.10 Å². The highest BCUT2D eigenvalue weighted by Gasteiger charge is 2.16. The van der Waals surface area contributed by atoms with Crippen LogP contribution in [0.2, 0.25) is 0 Å². The summed E-state index contributed by atoms with van der Waals surface area (Å²) in [7, 11) is 3.99. The van der Waals surface area contributed by atoms with Crippen LogP contribution >= 0.6 is 0 Å². The van der Waals surface area contributed by atoms with Gasteiger partial charge in [-0.25, -0.2) is 4.79 Å². The van der Waals surface area contributed by atoms with E-state index < -0.39 is 11.7 Å². The third-order valence-electron chi connectivity index (χ3n) is 3.26. The predicted octanol–water partition coefficient (Wildman–Crippen LogP) is 3.40. The molecule has 6 nitrogen and oxygen atoms in total. The quantitative estimate of drug-likeness (QED) is 0.913. The molecule has 130 valence electrons. The van der Waals surface area contributed by atoms with Gasteiger partial charge in [0.1, 0.15) is 5.60 Å². The fourth-order valence-corrected chi connectivity index (χ4v) is 2.35. The summed E-state index contributed by atoms with van der Waals surface area (Å²) in [5.41, 5.74) is 2.58. The Kier molecular flexibility index (Phi) is 5.62. The minimum Gasteiger partial charge on any atom is -0.444 e. The molecule has 0 aliphatic rings. The lowest BCUT2D eigenvalue weighted by Crippen LogP contribution is -2.27. The van der Waals surface area contributed by atoms with Crippen molar-refractivity contribution in [3.8, 4) is 0 Å². The molecule has 0 unspecified atom stereocenters. The van der Waals surface area contributed by atoms with Crippen LogP contribution in [0.4, 0.5) is 10.5 Å². The van der Waals surface area contributed by atoms with Crippen molar-refractivity contribution in [2.75, 3.05) is 12.4 Å². The summed E-state index contributed by atoms with van der Waals surface area (Å²) >= 11 is 0. The van der Waals surface area contributed by atoms with Gasteiger partial charge in [0.25, 0.3) is 0 Å². The third-order valence-corrected chi connectivity index (χ3v) is 3.26. The van der Waals surface area contributed by atoms with Gasteiger partial charge in [-0.15, -0.1) is 0 Å². The molecule has 2 rings (SSSR count). The van der Waals surface area contributed by atoms with Gasteiger partial charge in [0.2, 0.25) is 0 Å². The number of hydrogen-bond acceptors (Lipinski definition) is 4. The molecule has 1 N–H and O–H groups in total. The number of carbonyl (C=O) groups excluding carboxylic acids is 1. The minimum atomic E-state index is -0.501. The van der Waals surface area contributed by atoms with Crippen LogP contribution in [-0.2, 0) is 24.9 Å². The maximum absolute atomic E-state index is 11.7. The average molecular weight is 330 g/mol. The molecule has 6 heteroatoms. The van der Waals surface area contributed by atoms with Gasteiger partial charge in [-0.3, -0.25) is 14.9 Å². The Morgan fingerprint density at radius 1 is 1.21 bits per heavy atom. The number of ether oxygens (including phenoxy) is 1. The van der Waals surface area contributed by atoms with Crippen LogP contribution in [0.5, 0.6) is 0 Å². The molecule has 0 fully saturated rings. The molecule has 1 aromatic heterocycles. The summed E-state index contributed by atoms with van der Waals surface area (Å²) in [5.74, 6) is 0. The standard InChI is InChI=1S/C18H26N4O2/c1-18(2,3)24-17(23)20-16-8-6-14(7-9-16)11-21(4)12-15-10-19-22(5)13-15/h6-10,13H,11-12H2,1-5H3,(H,20,23). The van der Waals surface area contributed by atoms with E-state index >= 15 is 0 Å². The van der Waals surface area contributed by atoms with Crippen molar-refractivity contribution in [3.05, 3.63) is 47.8 Å². The molecular weight excluding hydrogens is 304 g/mol. The van der Waals surface area contributed by atoms with E-state index in [-0.39, 0.29) is 0 Å². The van der Waals surface area contributed by atoms with Crippen LogP contribution in [0.15, 0.2) is 36.7 Å². The first-order chi connectivity index (χ1) is 11.2. The first-order valence-corrected chi connectivity index (χ1v) is 7.96. The molecule has 2 aromatic rings. The SMILES string of the molecule is CN(Cc1ccc(NC(=O)OC(C)(C)C)cc1)Cc1cnn(C)c1. The number of nitrogens with one attached hydrogen (secondary N) is 1. The second kappa shape index (κ2) is 7.49. The van der Waals surface area contributed by atoms with Gasteiger partial charge in [-0.05, 0) is 45.5 Å². The zero-order valence-corrected chi connectivity index (χ0v) is 15.0. The summed E-state index contributed by atoms with van der Waals surface area (Å²) in [5, 5.41) is 6.91. The number of amides is 1. The van der Waals surface area contributed by atoms with Gasteiger partial charge in [-0.1, -0.05) is 12.1 Å². The number of carbonyl (C=O) groups is 1. The number of benzene rings is 1. The van der Waals surface area contributed by atoms with E-state index in [2.05, 4.69) is 22.4 Å². The number of hydrogen-bond donors (Lipinski definition) is 1. The van der Waals surface area contributed by atoms with Crippen LogP contribution in [0.1, 0.15) is 31.9 Å². The van der Waals surface area contributed by atoms with Crippen LogP contribution in [-0.4, -0.2) is 33.4 Å². The first kappa shape index (κ1) is 18.0. The molecule has 0 atom stereocenters. The third kappa shape index (κ3) is 6.04. The van der Waals surface area contributed by atoms with Crippen molar-refractivity contribution in [2.24, 2.45) is 7.05 Å². The Balaban J connectivity index is 1.86. The fourth-order valence-electron chi connectivity index (χ4n) is 2.35. The number of nitrogens with zero attached hydrogens (tertiary/aromatic N) is 3. The van der Waals surface area contributed by atoms with Gasteiger partial charge in [0.15, 0.2) is 0 Å². The van der Waals surface area contributed by atoms with E-state index in [1.165, 1.54) is 11.1 Å². The average Bonchev–Trinajstić information content (AvgIpc) is 2.84. The Bertz CT molecular complexity index is 671. The summed E-state index contributed by atoms with van der Waals surface area (Å²) in [6, 6.07) is 7.78. The molecular formula is C18H26N4O2. The lowest BCUT2D eigenvalue weighted by molar-refractivity contribution is 0.0636. The monoisotopic (exact) mass is 330 g/mol. The smallest absolute Gasteiger partial charge is 0.412 e. The molecule has 0 aliphatic heterocycles. The Hall–Kier alpha value is -2.34. The van der Waals surface area contributed by atoms with E-state index in [0.717, 1.165) is 18.8 Å². The van der Waals surface area contributed by atoms with Crippen LogP contribution in [0.3, 0.4) is 0 Å². The Labute approximate surface area is 143 Å². The fraction of sp³-hybridized carbons (Fsp3) is 0.444. The molecule has 0 bridgehead atoms. The van der Waals surface area contributed by atoms with Crippen molar-refractivity contribution in [3.63, 3.8) is 0 Å². The van der Waals surface area contributed by atoms with Gasteiger partial charge in [0.05, 0.1) is 6.20 Å². The van der Waals surface area contributed by atoms with E-state index in [9.17, 15) is 4.79 Å². The zero-order chi connectivity index (χ0) is 17.7. The van der Waals surface area contributed by atoms with Crippen molar-refractivity contribution in [1.82, 2.24) is 14.7 Å². The predicted molar refractivity (Wildman–Crippen MR) is 94.7 cm³/mol. The van der Waals surface area contributed by atoms with Crippen molar-refractivity contribution >= 4 is 11.8 Å². The molecule has 1 amide bonds. The first-order valence-electron chi connectivity index (χ1n) is 7.96. The largest absolute Gasteiger partial charge is 0.444 e. The number of aryl methyl sites for hydroxylation is 1. The molecule has 0 radical (unpaired) electrons. The number of aromatic nitrogens is 2. The normalized spacial score (nSPS) is 11.6. The molecule has 24 heavy (non-hydrogen) atoms. The molecule has 0 aliphatic carbocycles. The van der Waals surface area contributed by atoms with E-state index in [1.54, 1.807) is 4.68 Å². The number of anilines is 1. The Morgan fingerprint density at radius 3 is 2.38 bits per heavy atom. The van der Waals surface area contributed by atoms with E-state index in [0.29, 0.717) is 0 Å². The van der Waals surface area contributed by atoms with Crippen molar-refractivity contribution < 1.29 is 9.53 Å². The van der Waals surface area contributed by atoms with Gasteiger partial charge < -0.3 is 4.74 Å². The van der Waals surface area contributed by atoms with E-state index in [1.807, 2.05) is 64.5 Å². The van der Waals surface area contributed by atoms with Crippen LogP contribution in [0, 0.1) is 0 Å². The second-order valence-corrected chi connectivity index (χ2v) is 7.02. The Morgan fingerprint density at radius 2 is 1.83 bits per heavy atom. The van der Waals surface area contributed by atoms with Crippen LogP contribution < -0.4 is 5.32 Å². The lowest BCUT2D eigenvalue weighted by Gasteiger charge is -2.20. The lowest BCUT2D eigenvalue weighted by atomic mass is 10.2. The van der Waals surface area contributed by atoms with Gasteiger partial charge >= 0.3 is 6.09 Å². The summed E-state index contributed by atoms with van der Waals surface area (Å²) < 4.78 is 7.04. The van der Waals surface area contributed by atoms with Crippen molar-refractivity contribution in [2.45, 2.75) is 39.5 Å². The van der Waals surface area contributed by atoms with E-state index in [4.69, 9.17) is 4.74 Å². The maximum atomic E-state index is 11.7. The summed E-state index contributed by atoms with van der Waals surface area (Å²) in [6.07, 6.45) is 3.46. The zero-order valence-electron chi connectivity index (χ0n) is 15.0. The highest BCUT2D eigenvalue weighted by Crippen LogP contribution is 2.14. The molecule has 1 heterocycles. The van der Waals surface area contributed by atoms with Crippen molar-refractivity contribution in [1.29, 1.82) is 0 Å². The summed E-state index contributed by atoms with van der Waals surface area (Å²) in [6.45, 7) is 7.18. The van der Waals surface area contributed by atoms with Crippen LogP contribution in [0.25, 0.3) is 0 Å². The number of rotatable bonds is 5. The van der Waals surface area contributed by atoms with Gasteiger partial charge in [0, 0.05) is 37.6 Å². The summed E-state index contributed by atoms with van der Waals surface area (Å²) in [4.78, 5) is 14.0. The highest BCUT2D eigenvalue weighted by atomic mass is 16.6. The molecule has 0 saturated heterocycles.